The molecule has 106 valence electrons. The fraction of sp³-hybridized carbons (Fsp3) is 0.462. The summed E-state index contributed by atoms with van der Waals surface area (Å²) < 4.78 is 0. The van der Waals surface area contributed by atoms with Crippen molar-refractivity contribution in [3.63, 3.8) is 0 Å². The molecule has 0 spiro atoms. The Morgan fingerprint density at radius 1 is 1.16 bits per heavy atom. The van der Waals surface area contributed by atoms with E-state index in [2.05, 4.69) is 24.5 Å². The van der Waals surface area contributed by atoms with E-state index in [-0.39, 0.29) is 0 Å². The van der Waals surface area contributed by atoms with Crippen LogP contribution in [0.3, 0.4) is 0 Å². The summed E-state index contributed by atoms with van der Waals surface area (Å²) in [7, 11) is 0. The molecule has 3 nitrogen and oxygen atoms in total. The quantitative estimate of drug-likeness (QED) is 0.702. The number of likely N-dealkylation sites (N-methyl/N-ethyl adjacent to an activating group) is 1. The second-order valence-electron chi connectivity index (χ2n) is 4.25. The Bertz CT molecular complexity index is 402. The number of rotatable bonds is 6. The molecule has 0 fully saturated rings. The normalized spacial score (nSPS) is 10.6. The first-order valence-electron chi connectivity index (χ1n) is 6.39. The van der Waals surface area contributed by atoms with Crippen molar-refractivity contribution >= 4 is 46.2 Å². The molecule has 6 heteroatoms. The molecule has 0 atom stereocenters. The van der Waals surface area contributed by atoms with Gasteiger partial charge in [0.1, 0.15) is 0 Å². The number of hydrogen-bond donors (Lipinski definition) is 3. The Morgan fingerprint density at radius 3 is 2.26 bits per heavy atom. The third-order valence-electron chi connectivity index (χ3n) is 2.88. The SMILES string of the molecule is CC[NH+](CC)CCNC(=S)Nc1cc(Cl)cc(Cl)c1. The fourth-order valence-electron chi connectivity index (χ4n) is 1.76. The van der Waals surface area contributed by atoms with Crippen molar-refractivity contribution in [2.75, 3.05) is 31.5 Å². The summed E-state index contributed by atoms with van der Waals surface area (Å²) in [6.45, 7) is 8.51. The van der Waals surface area contributed by atoms with Crippen LogP contribution in [0, 0.1) is 0 Å². The molecule has 1 aromatic carbocycles. The molecule has 0 unspecified atom stereocenters. The molecular weight excluding hydrogens is 301 g/mol. The van der Waals surface area contributed by atoms with Gasteiger partial charge in [0.25, 0.3) is 0 Å². The summed E-state index contributed by atoms with van der Waals surface area (Å²) in [6, 6.07) is 5.27. The topological polar surface area (TPSA) is 28.5 Å². The van der Waals surface area contributed by atoms with Gasteiger partial charge in [-0.2, -0.15) is 0 Å². The minimum atomic E-state index is 0.588. The monoisotopic (exact) mass is 320 g/mol. The standard InChI is InChI=1S/C13H19Cl2N3S/c1-3-18(4-2)6-5-16-13(19)17-12-8-10(14)7-11(15)9-12/h7-9H,3-6H2,1-2H3,(H2,16,17,19)/p+1. The smallest absolute Gasteiger partial charge is 0.170 e. The molecule has 0 radical (unpaired) electrons. The number of halogens is 2. The molecule has 0 aliphatic rings. The first-order valence-corrected chi connectivity index (χ1v) is 7.56. The van der Waals surface area contributed by atoms with Crippen LogP contribution in [0.15, 0.2) is 18.2 Å². The molecule has 1 aromatic rings. The Balaban J connectivity index is 2.38. The Hall–Kier alpha value is -0.550. The molecule has 3 N–H and O–H groups in total. The van der Waals surface area contributed by atoms with Gasteiger partial charge < -0.3 is 15.5 Å². The van der Waals surface area contributed by atoms with E-state index in [1.54, 1.807) is 23.1 Å². The molecule has 0 aliphatic heterocycles. The van der Waals surface area contributed by atoms with Crippen LogP contribution in [0.5, 0.6) is 0 Å². The second kappa shape index (κ2) is 8.59. The Labute approximate surface area is 130 Å². The van der Waals surface area contributed by atoms with Crippen LogP contribution in [0.25, 0.3) is 0 Å². The van der Waals surface area contributed by atoms with Crippen molar-refractivity contribution in [2.24, 2.45) is 0 Å². The van der Waals surface area contributed by atoms with Gasteiger partial charge >= 0.3 is 0 Å². The molecular formula is C13H20Cl2N3S+. The molecule has 0 saturated carbocycles. The van der Waals surface area contributed by atoms with Gasteiger partial charge in [-0.3, -0.25) is 0 Å². The second-order valence-corrected chi connectivity index (χ2v) is 5.53. The lowest BCUT2D eigenvalue weighted by Gasteiger charge is -2.16. The lowest BCUT2D eigenvalue weighted by atomic mass is 10.3. The van der Waals surface area contributed by atoms with E-state index < -0.39 is 0 Å². The van der Waals surface area contributed by atoms with Crippen molar-refractivity contribution in [1.29, 1.82) is 0 Å². The highest BCUT2D eigenvalue weighted by Gasteiger charge is 2.04. The maximum atomic E-state index is 5.93. The zero-order valence-electron chi connectivity index (χ0n) is 11.2. The van der Waals surface area contributed by atoms with Gasteiger partial charge in [0.05, 0.1) is 26.2 Å². The lowest BCUT2D eigenvalue weighted by Crippen LogP contribution is -3.12. The average molecular weight is 321 g/mol. The lowest BCUT2D eigenvalue weighted by molar-refractivity contribution is -0.895. The third kappa shape index (κ3) is 6.43. The van der Waals surface area contributed by atoms with E-state index >= 15 is 0 Å². The molecule has 0 amide bonds. The van der Waals surface area contributed by atoms with E-state index in [4.69, 9.17) is 35.4 Å². The maximum absolute atomic E-state index is 5.93. The van der Waals surface area contributed by atoms with Crippen molar-refractivity contribution in [3.8, 4) is 0 Å². The summed E-state index contributed by atoms with van der Waals surface area (Å²) in [5, 5.41) is 8.02. The minimum Gasteiger partial charge on any atom is -0.357 e. The van der Waals surface area contributed by atoms with Gasteiger partial charge in [-0.15, -0.1) is 0 Å². The van der Waals surface area contributed by atoms with E-state index in [1.165, 1.54) is 0 Å². The highest BCUT2D eigenvalue weighted by molar-refractivity contribution is 7.80. The predicted octanol–water partition coefficient (Wildman–Crippen LogP) is 2.20. The van der Waals surface area contributed by atoms with Gasteiger partial charge in [-0.25, -0.2) is 0 Å². The Kier molecular flexibility index (Phi) is 7.46. The van der Waals surface area contributed by atoms with Crippen molar-refractivity contribution in [3.05, 3.63) is 28.2 Å². The van der Waals surface area contributed by atoms with Gasteiger partial charge in [-0.1, -0.05) is 23.2 Å². The molecule has 0 saturated heterocycles. The van der Waals surface area contributed by atoms with E-state index in [1.807, 2.05) is 0 Å². The largest absolute Gasteiger partial charge is 0.357 e. The van der Waals surface area contributed by atoms with Crippen molar-refractivity contribution in [2.45, 2.75) is 13.8 Å². The first kappa shape index (κ1) is 16.5. The minimum absolute atomic E-state index is 0.588. The number of anilines is 1. The van der Waals surface area contributed by atoms with Crippen LogP contribution in [-0.4, -0.2) is 31.3 Å². The number of thiocarbonyl (C=S) groups is 1. The first-order chi connectivity index (χ1) is 9.05. The van der Waals surface area contributed by atoms with Crippen molar-refractivity contribution < 1.29 is 4.90 Å². The summed E-state index contributed by atoms with van der Waals surface area (Å²) in [4.78, 5) is 1.54. The molecule has 0 bridgehead atoms. The Morgan fingerprint density at radius 2 is 1.74 bits per heavy atom. The predicted molar refractivity (Wildman–Crippen MR) is 87.6 cm³/mol. The summed E-state index contributed by atoms with van der Waals surface area (Å²) in [6.07, 6.45) is 0. The molecule has 0 aromatic heterocycles. The number of quaternary nitrogens is 1. The highest BCUT2D eigenvalue weighted by Crippen LogP contribution is 2.22. The van der Waals surface area contributed by atoms with Gasteiger partial charge in [0.2, 0.25) is 0 Å². The van der Waals surface area contributed by atoms with Gasteiger partial charge in [0.15, 0.2) is 5.11 Å². The molecule has 0 heterocycles. The fourth-order valence-corrected chi connectivity index (χ4v) is 2.50. The third-order valence-corrected chi connectivity index (χ3v) is 3.57. The van der Waals surface area contributed by atoms with Crippen LogP contribution in [0.1, 0.15) is 13.8 Å². The zero-order valence-corrected chi connectivity index (χ0v) is 13.6. The van der Waals surface area contributed by atoms with E-state index in [0.29, 0.717) is 15.2 Å². The highest BCUT2D eigenvalue weighted by atomic mass is 35.5. The number of hydrogen-bond acceptors (Lipinski definition) is 1. The van der Waals surface area contributed by atoms with E-state index in [9.17, 15) is 0 Å². The molecule has 1 rings (SSSR count). The van der Waals surface area contributed by atoms with Gasteiger partial charge in [-0.05, 0) is 44.3 Å². The van der Waals surface area contributed by atoms with E-state index in [0.717, 1.165) is 31.9 Å². The van der Waals surface area contributed by atoms with Crippen molar-refractivity contribution in [1.82, 2.24) is 5.32 Å². The zero-order chi connectivity index (χ0) is 14.3. The summed E-state index contributed by atoms with van der Waals surface area (Å²) in [5.74, 6) is 0. The summed E-state index contributed by atoms with van der Waals surface area (Å²) in [5.41, 5.74) is 0.796. The number of benzene rings is 1. The van der Waals surface area contributed by atoms with Crippen LogP contribution >= 0.6 is 35.4 Å². The van der Waals surface area contributed by atoms with Gasteiger partial charge in [0, 0.05) is 15.7 Å². The summed E-state index contributed by atoms with van der Waals surface area (Å²) >= 11 is 17.1. The number of nitrogens with one attached hydrogen (secondary N) is 3. The van der Waals surface area contributed by atoms with Crippen LogP contribution in [0.4, 0.5) is 5.69 Å². The molecule has 19 heavy (non-hydrogen) atoms. The molecule has 0 aliphatic carbocycles. The van der Waals surface area contributed by atoms with Crippen LogP contribution in [-0.2, 0) is 0 Å². The maximum Gasteiger partial charge on any atom is 0.170 e. The van der Waals surface area contributed by atoms with Crippen LogP contribution < -0.4 is 15.5 Å². The van der Waals surface area contributed by atoms with Crippen LogP contribution in [0.2, 0.25) is 10.0 Å². The average Bonchev–Trinajstić information content (AvgIpc) is 2.33.